The molecule has 0 radical (unpaired) electrons. The molecule has 2 nitrogen and oxygen atoms in total. The van der Waals surface area contributed by atoms with Gasteiger partial charge in [-0.25, -0.2) is 0 Å². The molecule has 0 saturated carbocycles. The molecule has 0 heterocycles. The predicted molar refractivity (Wildman–Crippen MR) is 87.0 cm³/mol. The van der Waals surface area contributed by atoms with E-state index in [1.165, 1.54) is 16.7 Å². The van der Waals surface area contributed by atoms with Crippen molar-refractivity contribution in [2.75, 3.05) is 7.11 Å². The van der Waals surface area contributed by atoms with Gasteiger partial charge in [0.25, 0.3) is 0 Å². The summed E-state index contributed by atoms with van der Waals surface area (Å²) < 4.78 is 11.4. The van der Waals surface area contributed by atoms with Gasteiger partial charge in [0.1, 0.15) is 6.61 Å². The Morgan fingerprint density at radius 1 is 1.00 bits per heavy atom. The highest BCUT2D eigenvalue weighted by Gasteiger charge is 2.08. The second-order valence-corrected chi connectivity index (χ2v) is 5.80. The molecule has 21 heavy (non-hydrogen) atoms. The van der Waals surface area contributed by atoms with Crippen molar-refractivity contribution in [3.8, 4) is 11.5 Å². The van der Waals surface area contributed by atoms with Crippen LogP contribution in [0.5, 0.6) is 11.5 Å². The highest BCUT2D eigenvalue weighted by Crippen LogP contribution is 2.29. The Morgan fingerprint density at radius 3 is 2.43 bits per heavy atom. The van der Waals surface area contributed by atoms with Crippen LogP contribution in [0.25, 0.3) is 0 Å². The van der Waals surface area contributed by atoms with Crippen LogP contribution in [0.3, 0.4) is 0 Å². The van der Waals surface area contributed by atoms with Crippen LogP contribution in [0.4, 0.5) is 0 Å². The van der Waals surface area contributed by atoms with Crippen molar-refractivity contribution in [1.82, 2.24) is 0 Å². The minimum Gasteiger partial charge on any atom is -0.493 e. The van der Waals surface area contributed by atoms with E-state index in [0.29, 0.717) is 12.5 Å². The summed E-state index contributed by atoms with van der Waals surface area (Å²) in [5, 5.41) is 0. The van der Waals surface area contributed by atoms with Crippen LogP contribution in [0.15, 0.2) is 42.5 Å². The SMILES string of the molecule is COc1cc(CC(C)C)ccc1OCc1ccccc1C. The molecular formula is C19H24O2. The molecule has 2 rings (SSSR count). The van der Waals surface area contributed by atoms with E-state index in [1.54, 1.807) is 7.11 Å². The first-order valence-corrected chi connectivity index (χ1v) is 7.44. The number of rotatable bonds is 6. The van der Waals surface area contributed by atoms with E-state index in [2.05, 4.69) is 45.0 Å². The molecule has 2 heteroatoms. The van der Waals surface area contributed by atoms with Crippen LogP contribution in [-0.2, 0) is 13.0 Å². The molecule has 0 atom stereocenters. The van der Waals surface area contributed by atoms with E-state index in [-0.39, 0.29) is 0 Å². The Hall–Kier alpha value is -1.96. The van der Waals surface area contributed by atoms with Crippen LogP contribution < -0.4 is 9.47 Å². The Morgan fingerprint density at radius 2 is 1.76 bits per heavy atom. The van der Waals surface area contributed by atoms with E-state index in [9.17, 15) is 0 Å². The number of methoxy groups -OCH3 is 1. The maximum absolute atomic E-state index is 5.93. The summed E-state index contributed by atoms with van der Waals surface area (Å²) in [6, 6.07) is 14.5. The van der Waals surface area contributed by atoms with E-state index in [1.807, 2.05) is 18.2 Å². The molecule has 0 saturated heterocycles. The highest BCUT2D eigenvalue weighted by atomic mass is 16.5. The highest BCUT2D eigenvalue weighted by molar-refractivity contribution is 5.43. The Kier molecular flexibility index (Phi) is 5.26. The Balaban J connectivity index is 2.11. The molecule has 0 spiro atoms. The van der Waals surface area contributed by atoms with Crippen LogP contribution in [-0.4, -0.2) is 7.11 Å². The lowest BCUT2D eigenvalue weighted by molar-refractivity contribution is 0.283. The lowest BCUT2D eigenvalue weighted by Gasteiger charge is -2.14. The molecular weight excluding hydrogens is 260 g/mol. The number of benzene rings is 2. The minimum absolute atomic E-state index is 0.562. The van der Waals surface area contributed by atoms with Gasteiger partial charge in [-0.2, -0.15) is 0 Å². The molecule has 0 fully saturated rings. The second-order valence-electron chi connectivity index (χ2n) is 5.80. The zero-order chi connectivity index (χ0) is 15.2. The third-order valence-corrected chi connectivity index (χ3v) is 3.52. The van der Waals surface area contributed by atoms with Crippen LogP contribution in [0.2, 0.25) is 0 Å². The summed E-state index contributed by atoms with van der Waals surface area (Å²) in [7, 11) is 1.69. The fraction of sp³-hybridized carbons (Fsp3) is 0.368. The zero-order valence-corrected chi connectivity index (χ0v) is 13.3. The fourth-order valence-corrected chi connectivity index (χ4v) is 2.36. The molecule has 0 N–H and O–H groups in total. The van der Waals surface area contributed by atoms with Crippen molar-refractivity contribution in [3.05, 3.63) is 59.2 Å². The molecule has 2 aromatic carbocycles. The Bertz CT molecular complexity index is 588. The van der Waals surface area contributed by atoms with Gasteiger partial charge in [0.15, 0.2) is 11.5 Å². The van der Waals surface area contributed by atoms with Crippen LogP contribution in [0.1, 0.15) is 30.5 Å². The van der Waals surface area contributed by atoms with Gasteiger partial charge in [-0.05, 0) is 48.1 Å². The number of hydrogen-bond donors (Lipinski definition) is 0. The molecule has 0 unspecified atom stereocenters. The van der Waals surface area contributed by atoms with Gasteiger partial charge in [0.05, 0.1) is 7.11 Å². The van der Waals surface area contributed by atoms with Gasteiger partial charge < -0.3 is 9.47 Å². The number of ether oxygens (including phenoxy) is 2. The van der Waals surface area contributed by atoms with Crippen LogP contribution >= 0.6 is 0 Å². The van der Waals surface area contributed by atoms with E-state index in [0.717, 1.165) is 17.9 Å². The third kappa shape index (κ3) is 4.25. The summed E-state index contributed by atoms with van der Waals surface area (Å²) in [4.78, 5) is 0. The molecule has 2 aromatic rings. The van der Waals surface area contributed by atoms with Crippen molar-refractivity contribution < 1.29 is 9.47 Å². The normalized spacial score (nSPS) is 10.7. The largest absolute Gasteiger partial charge is 0.493 e. The molecule has 0 aliphatic carbocycles. The third-order valence-electron chi connectivity index (χ3n) is 3.52. The molecule has 0 aliphatic rings. The van der Waals surface area contributed by atoms with Crippen molar-refractivity contribution in [3.63, 3.8) is 0 Å². The van der Waals surface area contributed by atoms with Gasteiger partial charge in [-0.15, -0.1) is 0 Å². The second kappa shape index (κ2) is 7.16. The topological polar surface area (TPSA) is 18.5 Å². The number of aryl methyl sites for hydroxylation is 1. The summed E-state index contributed by atoms with van der Waals surface area (Å²) in [6.45, 7) is 7.10. The van der Waals surface area contributed by atoms with Gasteiger partial charge >= 0.3 is 0 Å². The fourth-order valence-electron chi connectivity index (χ4n) is 2.36. The summed E-state index contributed by atoms with van der Waals surface area (Å²) >= 11 is 0. The van der Waals surface area contributed by atoms with E-state index in [4.69, 9.17) is 9.47 Å². The molecule has 0 aliphatic heterocycles. The van der Waals surface area contributed by atoms with Gasteiger partial charge in [0.2, 0.25) is 0 Å². The first-order chi connectivity index (χ1) is 10.1. The summed E-state index contributed by atoms with van der Waals surface area (Å²) in [5.41, 5.74) is 3.73. The average Bonchev–Trinajstić information content (AvgIpc) is 2.46. The maximum atomic E-state index is 5.93. The lowest BCUT2D eigenvalue weighted by atomic mass is 10.0. The molecule has 112 valence electrons. The maximum Gasteiger partial charge on any atom is 0.161 e. The monoisotopic (exact) mass is 284 g/mol. The van der Waals surface area contributed by atoms with Crippen molar-refractivity contribution >= 4 is 0 Å². The minimum atomic E-state index is 0.562. The smallest absolute Gasteiger partial charge is 0.161 e. The number of hydrogen-bond acceptors (Lipinski definition) is 2. The van der Waals surface area contributed by atoms with Crippen molar-refractivity contribution in [2.45, 2.75) is 33.8 Å². The van der Waals surface area contributed by atoms with E-state index < -0.39 is 0 Å². The van der Waals surface area contributed by atoms with E-state index >= 15 is 0 Å². The van der Waals surface area contributed by atoms with Gasteiger partial charge in [-0.1, -0.05) is 44.2 Å². The van der Waals surface area contributed by atoms with Crippen molar-refractivity contribution in [1.29, 1.82) is 0 Å². The summed E-state index contributed by atoms with van der Waals surface area (Å²) in [6.07, 6.45) is 1.05. The van der Waals surface area contributed by atoms with Gasteiger partial charge in [0, 0.05) is 0 Å². The van der Waals surface area contributed by atoms with Crippen LogP contribution in [0, 0.1) is 12.8 Å². The molecule has 0 aromatic heterocycles. The first kappa shape index (κ1) is 15.4. The standard InChI is InChI=1S/C19H24O2/c1-14(2)11-16-9-10-18(19(12-16)20-4)21-13-17-8-6-5-7-15(17)3/h5-10,12,14H,11,13H2,1-4H3. The van der Waals surface area contributed by atoms with Gasteiger partial charge in [-0.3, -0.25) is 0 Å². The molecule has 0 bridgehead atoms. The lowest BCUT2D eigenvalue weighted by Crippen LogP contribution is -2.01. The predicted octanol–water partition coefficient (Wildman–Crippen LogP) is 4.78. The molecule has 0 amide bonds. The average molecular weight is 284 g/mol. The first-order valence-electron chi connectivity index (χ1n) is 7.44. The quantitative estimate of drug-likeness (QED) is 0.760. The zero-order valence-electron chi connectivity index (χ0n) is 13.3. The Labute approximate surface area is 127 Å². The summed E-state index contributed by atoms with van der Waals surface area (Å²) in [5.74, 6) is 2.24. The van der Waals surface area contributed by atoms with Crippen molar-refractivity contribution in [2.24, 2.45) is 5.92 Å².